The summed E-state index contributed by atoms with van der Waals surface area (Å²) in [6.45, 7) is 14.9. The van der Waals surface area contributed by atoms with Crippen molar-refractivity contribution < 1.29 is 22.7 Å². The number of amides is 2. The SMILES string of the molecule is CC(C)(C)c1cc(C(C)(C)C)nc(NC(=O)NS(=O)(=O)c2cc(C(C)(C)O)co2)n1. The lowest BCUT2D eigenvalue weighted by molar-refractivity contribution is 0.0779. The number of hydrogen-bond donors (Lipinski definition) is 3. The number of anilines is 1. The summed E-state index contributed by atoms with van der Waals surface area (Å²) in [6, 6.07) is 2.01. The van der Waals surface area contributed by atoms with Crippen LogP contribution in [0.3, 0.4) is 0 Å². The number of carbonyl (C=O) groups excluding carboxylic acids is 1. The largest absolute Gasteiger partial charge is 0.451 e. The highest BCUT2D eigenvalue weighted by Gasteiger charge is 2.27. The summed E-state index contributed by atoms with van der Waals surface area (Å²) in [5.74, 6) is -0.00308. The third-order valence-electron chi connectivity index (χ3n) is 4.26. The van der Waals surface area contributed by atoms with Crippen molar-refractivity contribution in [3.05, 3.63) is 35.3 Å². The summed E-state index contributed by atoms with van der Waals surface area (Å²) in [7, 11) is -4.29. The van der Waals surface area contributed by atoms with Crippen LogP contribution in [-0.4, -0.2) is 29.5 Å². The number of urea groups is 1. The van der Waals surface area contributed by atoms with E-state index in [0.717, 1.165) is 12.3 Å². The molecule has 0 spiro atoms. The number of rotatable bonds is 4. The Balaban J connectivity index is 2.28. The van der Waals surface area contributed by atoms with Crippen molar-refractivity contribution >= 4 is 22.0 Å². The zero-order valence-electron chi connectivity index (χ0n) is 18.6. The van der Waals surface area contributed by atoms with Crippen LogP contribution in [0.25, 0.3) is 0 Å². The van der Waals surface area contributed by atoms with Crippen LogP contribution in [0.1, 0.15) is 72.3 Å². The van der Waals surface area contributed by atoms with E-state index in [-0.39, 0.29) is 22.3 Å². The first-order valence-electron chi connectivity index (χ1n) is 9.45. The van der Waals surface area contributed by atoms with E-state index in [9.17, 15) is 18.3 Å². The standard InChI is InChI=1S/C20H30N4O5S/c1-18(2,3)13-10-14(19(4,5)6)22-16(21-13)23-17(25)24-30(27,28)15-9-12(11-29-15)20(7,8)26/h9-11,26H,1-8H3,(H2,21,22,23,24,25). The summed E-state index contributed by atoms with van der Waals surface area (Å²) in [4.78, 5) is 21.1. The summed E-state index contributed by atoms with van der Waals surface area (Å²) >= 11 is 0. The molecule has 2 aromatic heterocycles. The Morgan fingerprint density at radius 3 is 1.87 bits per heavy atom. The molecule has 0 saturated carbocycles. The smallest absolute Gasteiger partial charge is 0.335 e. The molecule has 2 aromatic rings. The molecule has 3 N–H and O–H groups in total. The van der Waals surface area contributed by atoms with Crippen LogP contribution in [0.5, 0.6) is 0 Å². The van der Waals surface area contributed by atoms with Gasteiger partial charge in [0.2, 0.25) is 11.0 Å². The van der Waals surface area contributed by atoms with Gasteiger partial charge in [0.05, 0.1) is 23.3 Å². The van der Waals surface area contributed by atoms with E-state index in [2.05, 4.69) is 15.3 Å². The first-order valence-corrected chi connectivity index (χ1v) is 10.9. The van der Waals surface area contributed by atoms with Crippen molar-refractivity contribution in [3.63, 3.8) is 0 Å². The van der Waals surface area contributed by atoms with Crippen molar-refractivity contribution in [2.24, 2.45) is 0 Å². The third kappa shape index (κ3) is 5.79. The normalized spacial score (nSPS) is 13.2. The predicted octanol–water partition coefficient (Wildman–Crippen LogP) is 3.40. The molecule has 0 unspecified atom stereocenters. The maximum atomic E-state index is 12.4. The Kier molecular flexibility index (Phi) is 6.08. The summed E-state index contributed by atoms with van der Waals surface area (Å²) in [5.41, 5.74) is -0.209. The van der Waals surface area contributed by atoms with Crippen molar-refractivity contribution in [3.8, 4) is 0 Å². The minimum absolute atomic E-state index is 0.00308. The fraction of sp³-hybridized carbons (Fsp3) is 0.550. The van der Waals surface area contributed by atoms with Crippen LogP contribution in [-0.2, 0) is 26.5 Å². The van der Waals surface area contributed by atoms with Gasteiger partial charge in [-0.25, -0.2) is 19.5 Å². The minimum atomic E-state index is -4.29. The van der Waals surface area contributed by atoms with Gasteiger partial charge in [-0.2, -0.15) is 8.42 Å². The number of hydrogen-bond acceptors (Lipinski definition) is 7. The molecule has 0 radical (unpaired) electrons. The molecule has 0 saturated heterocycles. The van der Waals surface area contributed by atoms with Gasteiger partial charge >= 0.3 is 6.03 Å². The average Bonchev–Trinajstić information content (AvgIpc) is 3.03. The minimum Gasteiger partial charge on any atom is -0.451 e. The first-order chi connectivity index (χ1) is 13.4. The van der Waals surface area contributed by atoms with E-state index < -0.39 is 26.7 Å². The molecule has 2 amide bonds. The van der Waals surface area contributed by atoms with Crippen LogP contribution < -0.4 is 10.0 Å². The van der Waals surface area contributed by atoms with Gasteiger partial charge in [-0.15, -0.1) is 0 Å². The lowest BCUT2D eigenvalue weighted by Gasteiger charge is -2.24. The summed E-state index contributed by atoms with van der Waals surface area (Å²) < 4.78 is 31.8. The molecule has 0 bridgehead atoms. The van der Waals surface area contributed by atoms with Gasteiger partial charge in [-0.1, -0.05) is 41.5 Å². The second-order valence-electron chi connectivity index (χ2n) is 9.74. The second kappa shape index (κ2) is 7.66. The number of aromatic nitrogens is 2. The van der Waals surface area contributed by atoms with E-state index in [1.54, 1.807) is 0 Å². The first kappa shape index (κ1) is 23.8. The number of aliphatic hydroxyl groups is 1. The third-order valence-corrected chi connectivity index (χ3v) is 5.46. The number of nitrogens with zero attached hydrogens (tertiary/aromatic N) is 2. The highest BCUT2D eigenvalue weighted by molar-refractivity contribution is 7.89. The zero-order valence-corrected chi connectivity index (χ0v) is 19.4. The monoisotopic (exact) mass is 438 g/mol. The van der Waals surface area contributed by atoms with Crippen LogP contribution in [0.4, 0.5) is 10.7 Å². The number of nitrogens with one attached hydrogen (secondary N) is 2. The van der Waals surface area contributed by atoms with Crippen LogP contribution in [0, 0.1) is 0 Å². The number of furan rings is 1. The Morgan fingerprint density at radius 2 is 1.47 bits per heavy atom. The Labute approximate surface area is 177 Å². The van der Waals surface area contributed by atoms with Gasteiger partial charge in [-0.3, -0.25) is 5.32 Å². The van der Waals surface area contributed by atoms with Gasteiger partial charge in [-0.05, 0) is 19.9 Å². The average molecular weight is 439 g/mol. The van der Waals surface area contributed by atoms with E-state index in [1.165, 1.54) is 13.8 Å². The molecule has 9 nitrogen and oxygen atoms in total. The van der Waals surface area contributed by atoms with Crippen molar-refractivity contribution in [2.75, 3.05) is 5.32 Å². The van der Waals surface area contributed by atoms with E-state index in [4.69, 9.17) is 4.42 Å². The quantitative estimate of drug-likeness (QED) is 0.666. The summed E-state index contributed by atoms with van der Waals surface area (Å²) in [6.07, 6.45) is 1.12. The van der Waals surface area contributed by atoms with Gasteiger partial charge < -0.3 is 9.52 Å². The van der Waals surface area contributed by atoms with Gasteiger partial charge in [0.1, 0.15) is 0 Å². The van der Waals surface area contributed by atoms with Crippen molar-refractivity contribution in [1.82, 2.24) is 14.7 Å². The predicted molar refractivity (Wildman–Crippen MR) is 113 cm³/mol. The van der Waals surface area contributed by atoms with Gasteiger partial charge in [0.15, 0.2) is 0 Å². The molecule has 0 aliphatic heterocycles. The fourth-order valence-electron chi connectivity index (χ4n) is 2.35. The molecule has 0 atom stereocenters. The van der Waals surface area contributed by atoms with Crippen molar-refractivity contribution in [1.29, 1.82) is 0 Å². The van der Waals surface area contributed by atoms with E-state index in [0.29, 0.717) is 11.4 Å². The Morgan fingerprint density at radius 1 is 0.967 bits per heavy atom. The molecule has 10 heteroatoms. The lowest BCUT2D eigenvalue weighted by Crippen LogP contribution is -2.35. The lowest BCUT2D eigenvalue weighted by atomic mass is 9.87. The van der Waals surface area contributed by atoms with Gasteiger partial charge in [0.25, 0.3) is 10.0 Å². The maximum Gasteiger partial charge on any atom is 0.335 e. The Hall–Kier alpha value is -2.46. The molecule has 0 aromatic carbocycles. The fourth-order valence-corrected chi connectivity index (χ4v) is 3.20. The topological polar surface area (TPSA) is 134 Å². The molecule has 2 rings (SSSR count). The van der Waals surface area contributed by atoms with Crippen molar-refractivity contribution in [2.45, 2.75) is 76.9 Å². The Bertz CT molecular complexity index is 1010. The molecule has 2 heterocycles. The van der Waals surface area contributed by atoms with E-state index in [1.807, 2.05) is 52.3 Å². The molecule has 0 aliphatic carbocycles. The maximum absolute atomic E-state index is 12.4. The molecule has 0 aliphatic rings. The highest BCUT2D eigenvalue weighted by Crippen LogP contribution is 2.28. The number of sulfonamides is 1. The van der Waals surface area contributed by atoms with Gasteiger partial charge in [0, 0.05) is 22.5 Å². The van der Waals surface area contributed by atoms with Crippen LogP contribution >= 0.6 is 0 Å². The number of carbonyl (C=O) groups is 1. The summed E-state index contributed by atoms with van der Waals surface area (Å²) in [5, 5.41) is 11.9. The van der Waals surface area contributed by atoms with E-state index >= 15 is 0 Å². The zero-order chi connectivity index (χ0) is 23.1. The van der Waals surface area contributed by atoms with Crippen LogP contribution in [0.15, 0.2) is 27.9 Å². The molecule has 30 heavy (non-hydrogen) atoms. The second-order valence-corrected chi connectivity index (χ2v) is 11.3. The van der Waals surface area contributed by atoms with Crippen LogP contribution in [0.2, 0.25) is 0 Å². The molecule has 0 fully saturated rings. The molecular weight excluding hydrogens is 408 g/mol. The molecular formula is C20H30N4O5S. The molecule has 166 valence electrons. The highest BCUT2D eigenvalue weighted by atomic mass is 32.2.